The number of nitrogens with zero attached hydrogens (tertiary/aromatic N) is 2. The molecule has 0 saturated heterocycles. The van der Waals surface area contributed by atoms with Crippen LogP contribution in [0.1, 0.15) is 37.8 Å². The lowest BCUT2D eigenvalue weighted by Crippen LogP contribution is -2.36. The fourth-order valence-electron chi connectivity index (χ4n) is 2.34. The van der Waals surface area contributed by atoms with Gasteiger partial charge in [0.05, 0.1) is 12.2 Å². The van der Waals surface area contributed by atoms with Crippen molar-refractivity contribution in [3.63, 3.8) is 0 Å². The summed E-state index contributed by atoms with van der Waals surface area (Å²) in [6.45, 7) is 7.30. The maximum atomic E-state index is 12.2. The highest BCUT2D eigenvalue weighted by Crippen LogP contribution is 2.28. The van der Waals surface area contributed by atoms with E-state index in [1.54, 1.807) is 12.2 Å². The molecule has 0 spiro atoms. The van der Waals surface area contributed by atoms with E-state index >= 15 is 0 Å². The van der Waals surface area contributed by atoms with Gasteiger partial charge in [-0.05, 0) is 12.8 Å². The van der Waals surface area contributed by atoms with Crippen LogP contribution in [0.2, 0.25) is 0 Å². The Bertz CT molecular complexity index is 632. The van der Waals surface area contributed by atoms with Crippen LogP contribution in [-0.2, 0) is 22.6 Å². The Morgan fingerprint density at radius 2 is 2.17 bits per heavy atom. The molecule has 0 bridgehead atoms. The molecule has 0 saturated carbocycles. The monoisotopic (exact) mass is 333 g/mol. The van der Waals surface area contributed by atoms with Gasteiger partial charge >= 0.3 is 0 Å². The summed E-state index contributed by atoms with van der Waals surface area (Å²) in [5.74, 6) is 0.366. The second-order valence-corrected chi connectivity index (χ2v) is 7.01. The highest BCUT2D eigenvalue weighted by Gasteiger charge is 2.24. The van der Waals surface area contributed by atoms with Gasteiger partial charge in [-0.25, -0.2) is 4.98 Å². The predicted molar refractivity (Wildman–Crippen MR) is 93.3 cm³/mol. The maximum absolute atomic E-state index is 12.2. The van der Waals surface area contributed by atoms with Crippen LogP contribution in [0.4, 0.5) is 5.13 Å². The Morgan fingerprint density at radius 1 is 1.39 bits per heavy atom. The molecule has 0 atom stereocenters. The Hall–Kier alpha value is -1.95. The minimum atomic E-state index is -0.193. The first-order valence-corrected chi connectivity index (χ1v) is 8.68. The van der Waals surface area contributed by atoms with Gasteiger partial charge in [-0.3, -0.25) is 14.9 Å². The number of anilines is 1. The Morgan fingerprint density at radius 3 is 2.87 bits per heavy atom. The van der Waals surface area contributed by atoms with Gasteiger partial charge in [0.15, 0.2) is 5.13 Å². The normalized spacial score (nSPS) is 14.7. The van der Waals surface area contributed by atoms with Crippen LogP contribution in [0.3, 0.4) is 0 Å². The number of rotatable bonds is 5. The lowest BCUT2D eigenvalue weighted by Gasteiger charge is -2.26. The number of nitrogens with one attached hydrogen (secondary N) is 1. The van der Waals surface area contributed by atoms with Crippen molar-refractivity contribution in [2.75, 3.05) is 11.9 Å². The van der Waals surface area contributed by atoms with E-state index in [-0.39, 0.29) is 11.8 Å². The smallest absolute Gasteiger partial charge is 0.250 e. The lowest BCUT2D eigenvalue weighted by atomic mass is 10.1. The second kappa shape index (κ2) is 8.06. The van der Waals surface area contributed by atoms with Crippen molar-refractivity contribution >= 4 is 28.3 Å². The minimum absolute atomic E-state index is 0.193. The molecule has 2 amide bonds. The molecule has 2 heterocycles. The first-order valence-electron chi connectivity index (χ1n) is 7.86. The maximum Gasteiger partial charge on any atom is 0.250 e. The molecule has 1 aliphatic rings. The second-order valence-electron chi connectivity index (χ2n) is 5.93. The van der Waals surface area contributed by atoms with Crippen LogP contribution in [-0.4, -0.2) is 28.2 Å². The van der Waals surface area contributed by atoms with Gasteiger partial charge in [-0.15, -0.1) is 0 Å². The molecular weight excluding hydrogens is 310 g/mol. The average Bonchev–Trinajstić information content (AvgIpc) is 2.87. The number of carbonyl (C=O) groups excluding carboxylic acids is 2. The summed E-state index contributed by atoms with van der Waals surface area (Å²) >= 11 is 1.45. The van der Waals surface area contributed by atoms with Gasteiger partial charge in [-0.1, -0.05) is 43.4 Å². The molecule has 0 fully saturated rings. The zero-order valence-corrected chi connectivity index (χ0v) is 14.7. The number of aromatic nitrogens is 1. The third kappa shape index (κ3) is 5.03. The van der Waals surface area contributed by atoms with Gasteiger partial charge in [-0.2, -0.15) is 0 Å². The van der Waals surface area contributed by atoms with Crippen LogP contribution in [0.5, 0.6) is 0 Å². The van der Waals surface area contributed by atoms with Crippen molar-refractivity contribution < 1.29 is 9.59 Å². The standard InChI is InChI=1S/C17H23N3O2S/c1-4-5-6-7-15(21)19-17-18-13-8-9-20(11-14(13)23-17)16(22)10-12(2)3/h4-7,12H,8-11H2,1-3H3,(H,18,19,21)/b5-4+,7-6+. The quantitative estimate of drug-likeness (QED) is 0.665. The van der Waals surface area contributed by atoms with E-state index in [1.165, 1.54) is 17.4 Å². The highest BCUT2D eigenvalue weighted by atomic mass is 32.1. The van der Waals surface area contributed by atoms with E-state index in [4.69, 9.17) is 0 Å². The topological polar surface area (TPSA) is 62.3 Å². The van der Waals surface area contributed by atoms with Crippen molar-refractivity contribution in [1.29, 1.82) is 0 Å². The summed E-state index contributed by atoms with van der Waals surface area (Å²) in [6, 6.07) is 0. The molecule has 1 aromatic rings. The van der Waals surface area contributed by atoms with Gasteiger partial charge in [0, 0.05) is 30.3 Å². The number of hydrogen-bond donors (Lipinski definition) is 1. The third-order valence-corrected chi connectivity index (χ3v) is 4.45. The highest BCUT2D eigenvalue weighted by molar-refractivity contribution is 7.15. The number of carbonyl (C=O) groups is 2. The summed E-state index contributed by atoms with van der Waals surface area (Å²) < 4.78 is 0. The number of allylic oxidation sites excluding steroid dienone is 3. The minimum Gasteiger partial charge on any atom is -0.337 e. The predicted octanol–water partition coefficient (Wildman–Crippen LogP) is 3.14. The van der Waals surface area contributed by atoms with E-state index in [0.29, 0.717) is 30.6 Å². The van der Waals surface area contributed by atoms with E-state index in [0.717, 1.165) is 17.0 Å². The molecule has 1 N–H and O–H groups in total. The first kappa shape index (κ1) is 17.4. The summed E-state index contributed by atoms with van der Waals surface area (Å²) in [7, 11) is 0. The molecule has 0 radical (unpaired) electrons. The Balaban J connectivity index is 1.98. The molecule has 0 aliphatic carbocycles. The van der Waals surface area contributed by atoms with Crippen LogP contribution in [0.15, 0.2) is 24.3 Å². The van der Waals surface area contributed by atoms with Crippen molar-refractivity contribution in [3.05, 3.63) is 34.9 Å². The van der Waals surface area contributed by atoms with Gasteiger partial charge in [0.2, 0.25) is 11.8 Å². The Labute approximate surface area is 141 Å². The van der Waals surface area contributed by atoms with E-state index in [9.17, 15) is 9.59 Å². The average molecular weight is 333 g/mol. The number of fused-ring (bicyclic) bond motifs is 1. The number of amides is 2. The zero-order valence-electron chi connectivity index (χ0n) is 13.8. The molecule has 124 valence electrons. The fourth-order valence-corrected chi connectivity index (χ4v) is 3.37. The van der Waals surface area contributed by atoms with E-state index < -0.39 is 0 Å². The van der Waals surface area contributed by atoms with Crippen LogP contribution in [0, 0.1) is 5.92 Å². The molecule has 1 aromatic heterocycles. The van der Waals surface area contributed by atoms with Gasteiger partial charge in [0.25, 0.3) is 0 Å². The Kier molecular flexibility index (Phi) is 6.10. The fraction of sp³-hybridized carbons (Fsp3) is 0.471. The molecule has 23 heavy (non-hydrogen) atoms. The van der Waals surface area contributed by atoms with Crippen LogP contribution < -0.4 is 5.32 Å². The van der Waals surface area contributed by atoms with Crippen LogP contribution in [0.25, 0.3) is 0 Å². The van der Waals surface area contributed by atoms with Gasteiger partial charge < -0.3 is 4.90 Å². The van der Waals surface area contributed by atoms with Crippen molar-refractivity contribution in [1.82, 2.24) is 9.88 Å². The lowest BCUT2D eigenvalue weighted by molar-refractivity contribution is -0.132. The molecule has 2 rings (SSSR count). The molecule has 5 nitrogen and oxygen atoms in total. The largest absolute Gasteiger partial charge is 0.337 e. The molecule has 0 aromatic carbocycles. The van der Waals surface area contributed by atoms with Crippen molar-refractivity contribution in [2.45, 2.75) is 40.2 Å². The molecule has 6 heteroatoms. The SMILES string of the molecule is C/C=C/C=C/C(=O)Nc1nc2c(s1)CN(C(=O)CC(C)C)CC2. The number of hydrogen-bond acceptors (Lipinski definition) is 4. The summed E-state index contributed by atoms with van der Waals surface area (Å²) in [5.41, 5.74) is 0.997. The number of thiazole rings is 1. The van der Waals surface area contributed by atoms with E-state index in [1.807, 2.05) is 17.9 Å². The molecule has 1 aliphatic heterocycles. The van der Waals surface area contributed by atoms with Crippen LogP contribution >= 0.6 is 11.3 Å². The molecular formula is C17H23N3O2S. The summed E-state index contributed by atoms with van der Waals surface area (Å²) in [6.07, 6.45) is 8.14. The zero-order chi connectivity index (χ0) is 16.8. The first-order chi connectivity index (χ1) is 11.0. The van der Waals surface area contributed by atoms with E-state index in [2.05, 4.69) is 24.1 Å². The van der Waals surface area contributed by atoms with Crippen molar-refractivity contribution in [3.8, 4) is 0 Å². The van der Waals surface area contributed by atoms with Gasteiger partial charge in [0.1, 0.15) is 0 Å². The third-order valence-electron chi connectivity index (χ3n) is 3.45. The summed E-state index contributed by atoms with van der Waals surface area (Å²) in [4.78, 5) is 31.4. The van der Waals surface area contributed by atoms with Crippen molar-refractivity contribution in [2.24, 2.45) is 5.92 Å². The summed E-state index contributed by atoms with van der Waals surface area (Å²) in [5, 5.41) is 3.38. The molecule has 0 unspecified atom stereocenters.